The van der Waals surface area contributed by atoms with E-state index >= 15 is 0 Å². The number of carbonyl (C=O) groups is 1. The second-order valence-corrected chi connectivity index (χ2v) is 6.78. The molecular formula is C22H27NO2. The van der Waals surface area contributed by atoms with E-state index in [1.807, 2.05) is 24.3 Å². The average Bonchev–Trinajstić information content (AvgIpc) is 3.04. The fourth-order valence-corrected chi connectivity index (χ4v) is 3.35. The van der Waals surface area contributed by atoms with E-state index in [0.29, 0.717) is 5.56 Å². The Bertz CT molecular complexity index is 668. The van der Waals surface area contributed by atoms with Crippen LogP contribution in [-0.4, -0.2) is 18.6 Å². The van der Waals surface area contributed by atoms with Crippen LogP contribution >= 0.6 is 0 Å². The molecule has 1 aliphatic rings. The lowest BCUT2D eigenvalue weighted by Gasteiger charge is -2.12. The Morgan fingerprint density at radius 1 is 1.00 bits per heavy atom. The maximum Gasteiger partial charge on any atom is 0.251 e. The molecule has 3 rings (SSSR count). The van der Waals surface area contributed by atoms with Crippen molar-refractivity contribution in [2.45, 2.75) is 51.5 Å². The molecule has 1 N–H and O–H groups in total. The molecule has 132 valence electrons. The fraction of sp³-hybridized carbons (Fsp3) is 0.409. The molecule has 0 unspecified atom stereocenters. The third-order valence-electron chi connectivity index (χ3n) is 4.77. The van der Waals surface area contributed by atoms with Crippen molar-refractivity contribution in [1.82, 2.24) is 5.32 Å². The molecule has 0 atom stereocenters. The Hall–Kier alpha value is -2.29. The highest BCUT2D eigenvalue weighted by Crippen LogP contribution is 2.22. The molecule has 0 heterocycles. The van der Waals surface area contributed by atoms with Crippen molar-refractivity contribution in [3.63, 3.8) is 0 Å². The van der Waals surface area contributed by atoms with Crippen molar-refractivity contribution in [2.75, 3.05) is 6.61 Å². The van der Waals surface area contributed by atoms with E-state index in [0.717, 1.165) is 31.6 Å². The summed E-state index contributed by atoms with van der Waals surface area (Å²) in [5.41, 5.74) is 3.38. The van der Waals surface area contributed by atoms with Gasteiger partial charge in [0.05, 0.1) is 6.61 Å². The molecule has 0 saturated heterocycles. The highest BCUT2D eigenvalue weighted by atomic mass is 16.5. The standard InChI is InChI=1S/C22H27NO2/c1-2-3-4-7-14-25-21-12-10-17(11-13-21)22(24)23-20-15-18-8-5-6-9-19(18)16-20/h5-6,8-13,20H,2-4,7,14-16H2,1H3,(H,23,24). The van der Waals surface area contributed by atoms with E-state index in [1.54, 1.807) is 0 Å². The van der Waals surface area contributed by atoms with Crippen LogP contribution in [0.2, 0.25) is 0 Å². The van der Waals surface area contributed by atoms with Gasteiger partial charge in [-0.05, 0) is 54.7 Å². The smallest absolute Gasteiger partial charge is 0.251 e. The molecule has 0 saturated carbocycles. The predicted octanol–water partition coefficient (Wildman–Crippen LogP) is 4.54. The van der Waals surface area contributed by atoms with Gasteiger partial charge in [-0.1, -0.05) is 50.5 Å². The second kappa shape index (κ2) is 8.70. The highest BCUT2D eigenvalue weighted by Gasteiger charge is 2.22. The van der Waals surface area contributed by atoms with Gasteiger partial charge in [-0.2, -0.15) is 0 Å². The van der Waals surface area contributed by atoms with Gasteiger partial charge in [0, 0.05) is 11.6 Å². The molecule has 1 aliphatic carbocycles. The monoisotopic (exact) mass is 337 g/mol. The van der Waals surface area contributed by atoms with E-state index in [4.69, 9.17) is 4.74 Å². The number of benzene rings is 2. The maximum absolute atomic E-state index is 12.4. The third kappa shape index (κ3) is 4.85. The predicted molar refractivity (Wildman–Crippen MR) is 101 cm³/mol. The zero-order chi connectivity index (χ0) is 17.5. The van der Waals surface area contributed by atoms with Gasteiger partial charge in [-0.15, -0.1) is 0 Å². The van der Waals surface area contributed by atoms with Gasteiger partial charge >= 0.3 is 0 Å². The molecule has 0 spiro atoms. The van der Waals surface area contributed by atoms with Gasteiger partial charge in [0.15, 0.2) is 0 Å². The number of hydrogen-bond donors (Lipinski definition) is 1. The molecule has 25 heavy (non-hydrogen) atoms. The molecule has 0 bridgehead atoms. The number of unbranched alkanes of at least 4 members (excludes halogenated alkanes) is 3. The maximum atomic E-state index is 12.4. The largest absolute Gasteiger partial charge is 0.494 e. The van der Waals surface area contributed by atoms with Crippen molar-refractivity contribution in [3.05, 3.63) is 65.2 Å². The molecule has 0 fully saturated rings. The summed E-state index contributed by atoms with van der Waals surface area (Å²) in [6.07, 6.45) is 6.62. The lowest BCUT2D eigenvalue weighted by atomic mass is 10.1. The van der Waals surface area contributed by atoms with E-state index in [-0.39, 0.29) is 11.9 Å². The van der Waals surface area contributed by atoms with Crippen LogP contribution in [0.25, 0.3) is 0 Å². The minimum atomic E-state index is -0.00713. The molecule has 2 aromatic rings. The molecule has 0 aliphatic heterocycles. The summed E-state index contributed by atoms with van der Waals surface area (Å²) in [6.45, 7) is 2.95. The third-order valence-corrected chi connectivity index (χ3v) is 4.77. The summed E-state index contributed by atoms with van der Waals surface area (Å²) in [4.78, 5) is 12.4. The number of carbonyl (C=O) groups excluding carboxylic acids is 1. The first kappa shape index (κ1) is 17.5. The summed E-state index contributed by atoms with van der Waals surface area (Å²) in [7, 11) is 0. The highest BCUT2D eigenvalue weighted by molar-refractivity contribution is 5.94. The average molecular weight is 337 g/mol. The Morgan fingerprint density at radius 2 is 1.68 bits per heavy atom. The van der Waals surface area contributed by atoms with E-state index in [9.17, 15) is 4.79 Å². The lowest BCUT2D eigenvalue weighted by molar-refractivity contribution is 0.0938. The van der Waals surface area contributed by atoms with Crippen LogP contribution in [0.5, 0.6) is 5.75 Å². The van der Waals surface area contributed by atoms with Crippen LogP contribution < -0.4 is 10.1 Å². The zero-order valence-corrected chi connectivity index (χ0v) is 15.0. The van der Waals surface area contributed by atoms with Gasteiger partial charge in [-0.3, -0.25) is 4.79 Å². The minimum Gasteiger partial charge on any atom is -0.494 e. The quantitative estimate of drug-likeness (QED) is 0.718. The summed E-state index contributed by atoms with van der Waals surface area (Å²) < 4.78 is 5.73. The molecular weight excluding hydrogens is 310 g/mol. The summed E-state index contributed by atoms with van der Waals surface area (Å²) in [5.74, 6) is 0.827. The Kier molecular flexibility index (Phi) is 6.10. The van der Waals surface area contributed by atoms with Gasteiger partial charge in [0.2, 0.25) is 0 Å². The Morgan fingerprint density at radius 3 is 2.32 bits per heavy atom. The Balaban J connectivity index is 1.47. The topological polar surface area (TPSA) is 38.3 Å². The van der Waals surface area contributed by atoms with E-state index in [2.05, 4.69) is 36.5 Å². The second-order valence-electron chi connectivity index (χ2n) is 6.78. The number of rotatable bonds is 8. The molecule has 3 nitrogen and oxygen atoms in total. The first-order chi connectivity index (χ1) is 12.3. The van der Waals surface area contributed by atoms with Crippen LogP contribution in [0.1, 0.15) is 54.1 Å². The molecule has 0 radical (unpaired) electrons. The number of fused-ring (bicyclic) bond motifs is 1. The van der Waals surface area contributed by atoms with Crippen molar-refractivity contribution in [2.24, 2.45) is 0 Å². The molecule has 3 heteroatoms. The molecule has 1 amide bonds. The molecule has 0 aromatic heterocycles. The number of nitrogens with one attached hydrogen (secondary N) is 1. The van der Waals surface area contributed by atoms with Gasteiger partial charge < -0.3 is 10.1 Å². The lowest BCUT2D eigenvalue weighted by Crippen LogP contribution is -2.35. The van der Waals surface area contributed by atoms with Crippen LogP contribution in [0.15, 0.2) is 48.5 Å². The van der Waals surface area contributed by atoms with Crippen molar-refractivity contribution in [1.29, 1.82) is 0 Å². The number of ether oxygens (including phenoxy) is 1. The minimum absolute atomic E-state index is 0.00713. The summed E-state index contributed by atoms with van der Waals surface area (Å²) in [5, 5.41) is 3.15. The van der Waals surface area contributed by atoms with Crippen LogP contribution in [0.4, 0.5) is 0 Å². The SMILES string of the molecule is CCCCCCOc1ccc(C(=O)NC2Cc3ccccc3C2)cc1. The fourth-order valence-electron chi connectivity index (χ4n) is 3.35. The van der Waals surface area contributed by atoms with E-state index in [1.165, 1.54) is 30.4 Å². The molecule has 2 aromatic carbocycles. The Labute approximate surface area is 150 Å². The van der Waals surface area contributed by atoms with Gasteiger partial charge in [-0.25, -0.2) is 0 Å². The van der Waals surface area contributed by atoms with Crippen molar-refractivity contribution in [3.8, 4) is 5.75 Å². The summed E-state index contributed by atoms with van der Waals surface area (Å²) >= 11 is 0. The normalized spacial score (nSPS) is 13.5. The first-order valence-electron chi connectivity index (χ1n) is 9.37. The van der Waals surface area contributed by atoms with E-state index < -0.39 is 0 Å². The number of amides is 1. The van der Waals surface area contributed by atoms with Crippen LogP contribution in [0, 0.1) is 0 Å². The van der Waals surface area contributed by atoms with Gasteiger partial charge in [0.1, 0.15) is 5.75 Å². The van der Waals surface area contributed by atoms with Crippen molar-refractivity contribution < 1.29 is 9.53 Å². The number of hydrogen-bond acceptors (Lipinski definition) is 2. The van der Waals surface area contributed by atoms with Gasteiger partial charge in [0.25, 0.3) is 5.91 Å². The van der Waals surface area contributed by atoms with Crippen LogP contribution in [0.3, 0.4) is 0 Å². The van der Waals surface area contributed by atoms with Crippen molar-refractivity contribution >= 4 is 5.91 Å². The van der Waals surface area contributed by atoms with Crippen LogP contribution in [-0.2, 0) is 12.8 Å². The zero-order valence-electron chi connectivity index (χ0n) is 15.0. The summed E-state index contributed by atoms with van der Waals surface area (Å²) in [6, 6.07) is 16.1. The first-order valence-corrected chi connectivity index (χ1v) is 9.37.